The smallest absolute Gasteiger partial charge is 0.237 e. The van der Waals surface area contributed by atoms with Crippen molar-refractivity contribution in [2.45, 2.75) is 24.9 Å². The van der Waals surface area contributed by atoms with Gasteiger partial charge in [0.25, 0.3) is 0 Å². The summed E-state index contributed by atoms with van der Waals surface area (Å²) in [6.45, 7) is 3.96. The quantitative estimate of drug-likeness (QED) is 0.903. The van der Waals surface area contributed by atoms with E-state index in [1.165, 1.54) is 11.1 Å². The first-order valence-corrected chi connectivity index (χ1v) is 8.13. The topological polar surface area (TPSA) is 52.9 Å². The Hall–Kier alpha value is -2.25. The molecule has 0 radical (unpaired) electrons. The van der Waals surface area contributed by atoms with Crippen LogP contribution in [0.25, 0.3) is 0 Å². The predicted molar refractivity (Wildman–Crippen MR) is 91.7 cm³/mol. The minimum absolute atomic E-state index is 0.0821. The summed E-state index contributed by atoms with van der Waals surface area (Å²) >= 11 is 1.59. The molecule has 22 heavy (non-hydrogen) atoms. The summed E-state index contributed by atoms with van der Waals surface area (Å²) in [6, 6.07) is 17.3. The lowest BCUT2D eigenvalue weighted by Crippen LogP contribution is -2.23. The first kappa shape index (κ1) is 16.1. The number of nitrogens with zero attached hydrogens (tertiary/aromatic N) is 1. The van der Waals surface area contributed by atoms with Crippen LogP contribution in [0.3, 0.4) is 0 Å². The Morgan fingerprint density at radius 1 is 1.23 bits per heavy atom. The van der Waals surface area contributed by atoms with Gasteiger partial charge in [0, 0.05) is 5.75 Å². The Morgan fingerprint density at radius 2 is 1.91 bits per heavy atom. The molecule has 0 fully saturated rings. The van der Waals surface area contributed by atoms with Gasteiger partial charge in [-0.3, -0.25) is 4.79 Å². The second-order valence-electron chi connectivity index (χ2n) is 5.03. The summed E-state index contributed by atoms with van der Waals surface area (Å²) in [4.78, 5) is 12.2. The van der Waals surface area contributed by atoms with Gasteiger partial charge in [0.2, 0.25) is 5.91 Å². The number of anilines is 1. The summed E-state index contributed by atoms with van der Waals surface area (Å²) in [7, 11) is 0. The molecule has 0 saturated heterocycles. The second kappa shape index (κ2) is 7.67. The molecule has 112 valence electrons. The van der Waals surface area contributed by atoms with E-state index in [-0.39, 0.29) is 11.2 Å². The van der Waals surface area contributed by atoms with Crippen molar-refractivity contribution in [2.75, 3.05) is 5.32 Å². The van der Waals surface area contributed by atoms with Gasteiger partial charge in [-0.15, -0.1) is 11.8 Å². The fraction of sp³-hybridized carbons (Fsp3) is 0.222. The first-order valence-electron chi connectivity index (χ1n) is 7.08. The van der Waals surface area contributed by atoms with E-state index in [1.54, 1.807) is 30.0 Å². The van der Waals surface area contributed by atoms with Gasteiger partial charge < -0.3 is 5.32 Å². The van der Waals surface area contributed by atoms with E-state index in [9.17, 15) is 4.79 Å². The number of benzene rings is 2. The van der Waals surface area contributed by atoms with Crippen molar-refractivity contribution < 1.29 is 4.79 Å². The van der Waals surface area contributed by atoms with Crippen LogP contribution >= 0.6 is 11.8 Å². The third kappa shape index (κ3) is 4.12. The normalized spacial score (nSPS) is 11.5. The number of hydrogen-bond donors (Lipinski definition) is 1. The van der Waals surface area contributed by atoms with Gasteiger partial charge in [0.15, 0.2) is 0 Å². The standard InChI is InChI=1S/C18H18N2OS/c1-13-7-3-4-9-16(13)12-22-14(2)18(21)20-17-10-6-5-8-15(17)11-19/h3-10,14H,12H2,1-2H3,(H,20,21). The number of rotatable bonds is 5. The zero-order valence-electron chi connectivity index (χ0n) is 12.7. The number of hydrogen-bond acceptors (Lipinski definition) is 3. The Labute approximate surface area is 135 Å². The van der Waals surface area contributed by atoms with Crippen molar-refractivity contribution in [3.8, 4) is 6.07 Å². The van der Waals surface area contributed by atoms with Gasteiger partial charge in [-0.1, -0.05) is 36.4 Å². The third-order valence-electron chi connectivity index (χ3n) is 3.42. The molecule has 1 atom stereocenters. The van der Waals surface area contributed by atoms with E-state index in [0.717, 1.165) is 5.75 Å². The largest absolute Gasteiger partial charge is 0.324 e. The number of thioether (sulfide) groups is 1. The summed E-state index contributed by atoms with van der Waals surface area (Å²) in [5.41, 5.74) is 3.52. The average Bonchev–Trinajstić information content (AvgIpc) is 2.54. The molecule has 1 amide bonds. The van der Waals surface area contributed by atoms with Gasteiger partial charge in [-0.05, 0) is 37.1 Å². The van der Waals surface area contributed by atoms with Crippen LogP contribution in [0.1, 0.15) is 23.6 Å². The van der Waals surface area contributed by atoms with E-state index in [2.05, 4.69) is 30.4 Å². The number of carbonyl (C=O) groups is 1. The molecule has 4 heteroatoms. The highest BCUT2D eigenvalue weighted by Crippen LogP contribution is 2.22. The molecule has 2 rings (SSSR count). The highest BCUT2D eigenvalue weighted by molar-refractivity contribution is 7.99. The molecule has 0 aliphatic heterocycles. The van der Waals surface area contributed by atoms with Crippen molar-refractivity contribution in [1.82, 2.24) is 0 Å². The highest BCUT2D eigenvalue weighted by atomic mass is 32.2. The Morgan fingerprint density at radius 3 is 2.64 bits per heavy atom. The lowest BCUT2D eigenvalue weighted by atomic mass is 10.1. The molecule has 0 aliphatic rings. The molecule has 0 aliphatic carbocycles. The molecule has 1 N–H and O–H groups in total. The fourth-order valence-corrected chi connectivity index (χ4v) is 2.95. The second-order valence-corrected chi connectivity index (χ2v) is 6.36. The van der Waals surface area contributed by atoms with Gasteiger partial charge in [0.05, 0.1) is 16.5 Å². The van der Waals surface area contributed by atoms with Crippen LogP contribution in [0.2, 0.25) is 0 Å². The Kier molecular flexibility index (Phi) is 5.62. The molecule has 3 nitrogen and oxygen atoms in total. The average molecular weight is 310 g/mol. The highest BCUT2D eigenvalue weighted by Gasteiger charge is 2.15. The number of nitriles is 1. The van der Waals surface area contributed by atoms with Crippen molar-refractivity contribution in [2.24, 2.45) is 0 Å². The minimum atomic E-state index is -0.189. The first-order chi connectivity index (χ1) is 10.6. The summed E-state index contributed by atoms with van der Waals surface area (Å²) in [5.74, 6) is 0.711. The molecular formula is C18H18N2OS. The van der Waals surface area contributed by atoms with Crippen molar-refractivity contribution in [3.63, 3.8) is 0 Å². The lowest BCUT2D eigenvalue weighted by Gasteiger charge is -2.13. The number of carbonyl (C=O) groups excluding carboxylic acids is 1. The van der Waals surface area contributed by atoms with Crippen LogP contribution in [0.15, 0.2) is 48.5 Å². The van der Waals surface area contributed by atoms with Crippen molar-refractivity contribution >= 4 is 23.4 Å². The molecule has 1 unspecified atom stereocenters. The van der Waals surface area contributed by atoms with Crippen molar-refractivity contribution in [3.05, 3.63) is 65.2 Å². The molecule has 0 aromatic heterocycles. The molecule has 0 spiro atoms. The lowest BCUT2D eigenvalue weighted by molar-refractivity contribution is -0.115. The van der Waals surface area contributed by atoms with Crippen LogP contribution < -0.4 is 5.32 Å². The molecular weight excluding hydrogens is 292 g/mol. The summed E-state index contributed by atoms with van der Waals surface area (Å²) in [5, 5.41) is 11.7. The molecule has 0 heterocycles. The molecule has 0 bridgehead atoms. The van der Waals surface area contributed by atoms with E-state index < -0.39 is 0 Å². The minimum Gasteiger partial charge on any atom is -0.324 e. The molecule has 0 saturated carbocycles. The number of amides is 1. The predicted octanol–water partition coefficient (Wildman–Crippen LogP) is 4.13. The number of aryl methyl sites for hydroxylation is 1. The zero-order chi connectivity index (χ0) is 15.9. The van der Waals surface area contributed by atoms with Crippen LogP contribution in [0, 0.1) is 18.3 Å². The maximum Gasteiger partial charge on any atom is 0.237 e. The third-order valence-corrected chi connectivity index (χ3v) is 4.62. The zero-order valence-corrected chi connectivity index (χ0v) is 13.5. The van der Waals surface area contributed by atoms with Gasteiger partial charge in [-0.2, -0.15) is 5.26 Å². The Bertz CT molecular complexity index is 706. The van der Waals surface area contributed by atoms with E-state index in [0.29, 0.717) is 11.3 Å². The molecule has 2 aromatic carbocycles. The fourth-order valence-electron chi connectivity index (χ4n) is 1.99. The van der Waals surface area contributed by atoms with Gasteiger partial charge in [0.1, 0.15) is 6.07 Å². The summed E-state index contributed by atoms with van der Waals surface area (Å²) in [6.07, 6.45) is 0. The van der Waals surface area contributed by atoms with E-state index >= 15 is 0 Å². The monoisotopic (exact) mass is 310 g/mol. The van der Waals surface area contributed by atoms with Crippen LogP contribution in [-0.4, -0.2) is 11.2 Å². The summed E-state index contributed by atoms with van der Waals surface area (Å²) < 4.78 is 0. The maximum atomic E-state index is 12.2. The number of nitrogens with one attached hydrogen (secondary N) is 1. The van der Waals surface area contributed by atoms with E-state index in [1.807, 2.05) is 25.1 Å². The number of para-hydroxylation sites is 1. The van der Waals surface area contributed by atoms with Crippen molar-refractivity contribution in [1.29, 1.82) is 5.26 Å². The Balaban J connectivity index is 1.95. The molecule has 2 aromatic rings. The van der Waals surface area contributed by atoms with Crippen LogP contribution in [0.4, 0.5) is 5.69 Å². The maximum absolute atomic E-state index is 12.2. The van der Waals surface area contributed by atoms with Gasteiger partial charge >= 0.3 is 0 Å². The SMILES string of the molecule is Cc1ccccc1CSC(C)C(=O)Nc1ccccc1C#N. The van der Waals surface area contributed by atoms with Crippen LogP contribution in [-0.2, 0) is 10.5 Å². The van der Waals surface area contributed by atoms with E-state index in [4.69, 9.17) is 5.26 Å². The van der Waals surface area contributed by atoms with Gasteiger partial charge in [-0.25, -0.2) is 0 Å². The van der Waals surface area contributed by atoms with Crippen LogP contribution in [0.5, 0.6) is 0 Å².